The molecule has 0 saturated carbocycles. The van der Waals surface area contributed by atoms with E-state index in [4.69, 9.17) is 4.74 Å². The number of amides is 1. The first-order valence-electron chi connectivity index (χ1n) is 9.69. The van der Waals surface area contributed by atoms with Crippen molar-refractivity contribution in [2.45, 2.75) is 18.1 Å². The van der Waals surface area contributed by atoms with Gasteiger partial charge in [-0.15, -0.1) is 0 Å². The lowest BCUT2D eigenvalue weighted by Gasteiger charge is -2.19. The number of hydrogen-bond donors (Lipinski definition) is 5. The second kappa shape index (κ2) is 8.58. The highest BCUT2D eigenvalue weighted by Gasteiger charge is 2.29. The summed E-state index contributed by atoms with van der Waals surface area (Å²) in [5.41, 5.74) is 3.07. The molecule has 2 atom stereocenters. The largest absolute Gasteiger partial charge is 0.493 e. The molecule has 160 valence electrons. The predicted octanol–water partition coefficient (Wildman–Crippen LogP) is 1.41. The van der Waals surface area contributed by atoms with Gasteiger partial charge in [-0.25, -0.2) is 9.78 Å². The van der Waals surface area contributed by atoms with Crippen molar-refractivity contribution < 1.29 is 24.9 Å². The molecule has 0 spiro atoms. The molecule has 0 saturated heterocycles. The van der Waals surface area contributed by atoms with E-state index in [1.165, 1.54) is 0 Å². The van der Waals surface area contributed by atoms with Crippen LogP contribution in [0.5, 0.6) is 5.88 Å². The van der Waals surface area contributed by atoms with E-state index < -0.39 is 41.8 Å². The number of hydrogen-bond acceptors (Lipinski definition) is 7. The van der Waals surface area contributed by atoms with Gasteiger partial charge in [-0.3, -0.25) is 4.79 Å². The SMILES string of the molecule is O=C(NCC(O)C(O)c1c(O)nc[nH]c1=O)OCC1c2ccccc2-c2ccccc21. The lowest BCUT2D eigenvalue weighted by atomic mass is 9.98. The predicted molar refractivity (Wildman–Crippen MR) is 111 cm³/mol. The highest BCUT2D eigenvalue weighted by molar-refractivity contribution is 5.79. The maximum absolute atomic E-state index is 12.2. The third kappa shape index (κ3) is 4.00. The Labute approximate surface area is 177 Å². The zero-order valence-electron chi connectivity index (χ0n) is 16.4. The standard InChI is InChI=1S/C22H21N3O6/c26-17(19(27)18-20(28)24-11-25-21(18)29)9-23-22(30)31-10-16-14-7-3-1-5-12(14)13-6-2-4-8-15(13)16/h1-8,11,16-17,19,26-27H,9-10H2,(H,23,30)(H2,24,25,28,29). The first-order valence-corrected chi connectivity index (χ1v) is 9.69. The first kappa shape index (κ1) is 20.6. The van der Waals surface area contributed by atoms with E-state index in [9.17, 15) is 24.9 Å². The topological polar surface area (TPSA) is 145 Å². The summed E-state index contributed by atoms with van der Waals surface area (Å²) in [5.74, 6) is -0.809. The van der Waals surface area contributed by atoms with Crippen LogP contribution in [0.15, 0.2) is 59.7 Å². The minimum absolute atomic E-state index is 0.0988. The number of aromatic amines is 1. The van der Waals surface area contributed by atoms with Crippen molar-refractivity contribution in [3.63, 3.8) is 0 Å². The van der Waals surface area contributed by atoms with Crippen LogP contribution in [-0.4, -0.2) is 50.6 Å². The van der Waals surface area contributed by atoms with Crippen molar-refractivity contribution in [2.24, 2.45) is 0 Å². The monoisotopic (exact) mass is 423 g/mol. The smallest absolute Gasteiger partial charge is 0.407 e. The highest BCUT2D eigenvalue weighted by Crippen LogP contribution is 2.44. The van der Waals surface area contributed by atoms with Gasteiger partial charge in [-0.05, 0) is 22.3 Å². The van der Waals surface area contributed by atoms with Crippen LogP contribution in [0, 0.1) is 0 Å². The number of aromatic nitrogens is 2. The minimum Gasteiger partial charge on any atom is -0.493 e. The molecule has 0 aliphatic heterocycles. The van der Waals surface area contributed by atoms with E-state index in [1.54, 1.807) is 0 Å². The van der Waals surface area contributed by atoms with Gasteiger partial charge in [0.25, 0.3) is 5.56 Å². The van der Waals surface area contributed by atoms with E-state index in [1.807, 2.05) is 48.5 Å². The Morgan fingerprint density at radius 1 is 1.10 bits per heavy atom. The Morgan fingerprint density at radius 2 is 1.71 bits per heavy atom. The number of benzene rings is 2. The van der Waals surface area contributed by atoms with Gasteiger partial charge in [0.2, 0.25) is 5.88 Å². The Morgan fingerprint density at radius 3 is 2.32 bits per heavy atom. The van der Waals surface area contributed by atoms with Crippen LogP contribution in [0.3, 0.4) is 0 Å². The third-order valence-corrected chi connectivity index (χ3v) is 5.33. The van der Waals surface area contributed by atoms with E-state index in [2.05, 4.69) is 15.3 Å². The van der Waals surface area contributed by atoms with Crippen LogP contribution in [-0.2, 0) is 4.74 Å². The van der Waals surface area contributed by atoms with E-state index in [0.717, 1.165) is 28.6 Å². The fourth-order valence-corrected chi connectivity index (χ4v) is 3.81. The number of aliphatic hydroxyl groups is 2. The van der Waals surface area contributed by atoms with Gasteiger partial charge in [0.15, 0.2) is 0 Å². The molecule has 9 heteroatoms. The zero-order valence-corrected chi connectivity index (χ0v) is 16.4. The summed E-state index contributed by atoms with van der Waals surface area (Å²) in [6, 6.07) is 15.9. The summed E-state index contributed by atoms with van der Waals surface area (Å²) in [6.07, 6.45) is -3.12. The van der Waals surface area contributed by atoms with E-state index in [-0.39, 0.29) is 12.5 Å². The van der Waals surface area contributed by atoms with Gasteiger partial charge in [0.05, 0.1) is 6.33 Å². The molecule has 2 unspecified atom stereocenters. The third-order valence-electron chi connectivity index (χ3n) is 5.33. The second-order valence-electron chi connectivity index (χ2n) is 7.19. The second-order valence-corrected chi connectivity index (χ2v) is 7.19. The molecular formula is C22H21N3O6. The van der Waals surface area contributed by atoms with Crippen LogP contribution in [0.25, 0.3) is 11.1 Å². The van der Waals surface area contributed by atoms with Crippen molar-refractivity contribution in [3.8, 4) is 17.0 Å². The van der Waals surface area contributed by atoms with Crippen molar-refractivity contribution in [2.75, 3.05) is 13.2 Å². The quantitative estimate of drug-likeness (QED) is 0.403. The Balaban J connectivity index is 1.36. The average Bonchev–Trinajstić information content (AvgIpc) is 3.09. The molecule has 1 aromatic heterocycles. The summed E-state index contributed by atoms with van der Waals surface area (Å²) in [6.45, 7) is -0.298. The van der Waals surface area contributed by atoms with Gasteiger partial charge in [-0.2, -0.15) is 0 Å². The molecule has 4 rings (SSSR count). The number of carbonyl (C=O) groups is 1. The summed E-state index contributed by atoms with van der Waals surface area (Å²) in [4.78, 5) is 29.6. The van der Waals surface area contributed by atoms with Crippen molar-refractivity contribution in [1.29, 1.82) is 0 Å². The first-order chi connectivity index (χ1) is 15.0. The van der Waals surface area contributed by atoms with Crippen LogP contribution in [0.4, 0.5) is 4.79 Å². The number of fused-ring (bicyclic) bond motifs is 3. The maximum Gasteiger partial charge on any atom is 0.407 e. The van der Waals surface area contributed by atoms with Crippen LogP contribution >= 0.6 is 0 Å². The van der Waals surface area contributed by atoms with Crippen LogP contribution in [0.2, 0.25) is 0 Å². The molecule has 31 heavy (non-hydrogen) atoms. The number of carbonyl (C=O) groups excluding carboxylic acids is 1. The fourth-order valence-electron chi connectivity index (χ4n) is 3.81. The number of nitrogens with zero attached hydrogens (tertiary/aromatic N) is 1. The minimum atomic E-state index is -1.74. The summed E-state index contributed by atoms with van der Waals surface area (Å²) < 4.78 is 5.35. The highest BCUT2D eigenvalue weighted by atomic mass is 16.5. The summed E-state index contributed by atoms with van der Waals surface area (Å²) in [5, 5.41) is 32.2. The van der Waals surface area contributed by atoms with Gasteiger partial charge < -0.3 is 30.4 Å². The van der Waals surface area contributed by atoms with Crippen molar-refractivity contribution in [3.05, 3.63) is 81.9 Å². The molecule has 9 nitrogen and oxygen atoms in total. The Hall–Kier alpha value is -3.69. The number of H-pyrrole nitrogens is 1. The van der Waals surface area contributed by atoms with Crippen molar-refractivity contribution in [1.82, 2.24) is 15.3 Å². The number of ether oxygens (including phenoxy) is 1. The molecular weight excluding hydrogens is 402 g/mol. The van der Waals surface area contributed by atoms with E-state index in [0.29, 0.717) is 0 Å². The van der Waals surface area contributed by atoms with E-state index >= 15 is 0 Å². The lowest BCUT2D eigenvalue weighted by molar-refractivity contribution is 0.0160. The summed E-state index contributed by atoms with van der Waals surface area (Å²) in [7, 11) is 0. The maximum atomic E-state index is 12.2. The molecule has 1 aliphatic carbocycles. The Bertz CT molecular complexity index is 1120. The molecule has 0 fully saturated rings. The normalized spacial score (nSPS) is 14.4. The van der Waals surface area contributed by atoms with Crippen LogP contribution < -0.4 is 10.9 Å². The van der Waals surface area contributed by atoms with Gasteiger partial charge in [0, 0.05) is 12.5 Å². The molecule has 5 N–H and O–H groups in total. The number of alkyl carbamates (subject to hydrolysis) is 1. The van der Waals surface area contributed by atoms with Gasteiger partial charge in [0.1, 0.15) is 24.4 Å². The molecule has 0 radical (unpaired) electrons. The molecule has 3 aromatic rings. The van der Waals surface area contributed by atoms with Gasteiger partial charge in [-0.1, -0.05) is 48.5 Å². The fraction of sp³-hybridized carbons (Fsp3) is 0.227. The zero-order chi connectivity index (χ0) is 22.0. The van der Waals surface area contributed by atoms with Gasteiger partial charge >= 0.3 is 6.09 Å². The molecule has 2 aromatic carbocycles. The molecule has 1 amide bonds. The van der Waals surface area contributed by atoms with Crippen molar-refractivity contribution >= 4 is 6.09 Å². The number of rotatable bonds is 6. The average molecular weight is 423 g/mol. The number of nitrogens with one attached hydrogen (secondary N) is 2. The molecule has 1 heterocycles. The number of aromatic hydroxyl groups is 1. The Kier molecular flexibility index (Phi) is 5.70. The van der Waals surface area contributed by atoms with Crippen LogP contribution in [0.1, 0.15) is 28.7 Å². The lowest BCUT2D eigenvalue weighted by Crippen LogP contribution is -2.37. The summed E-state index contributed by atoms with van der Waals surface area (Å²) >= 11 is 0. The number of aliphatic hydroxyl groups excluding tert-OH is 2. The molecule has 1 aliphatic rings. The molecule has 0 bridgehead atoms.